The maximum atomic E-state index is 6.00. The number of rotatable bonds is 7. The molecule has 0 atom stereocenters. The Labute approximate surface area is 149 Å². The molecule has 0 spiro atoms. The van der Waals surface area contributed by atoms with Crippen molar-refractivity contribution in [3.8, 4) is 11.5 Å². The zero-order valence-electron chi connectivity index (χ0n) is 15.2. The highest BCUT2D eigenvalue weighted by Crippen LogP contribution is 2.28. The van der Waals surface area contributed by atoms with Gasteiger partial charge in [-0.15, -0.1) is 0 Å². The lowest BCUT2D eigenvalue weighted by molar-refractivity contribution is 0.402. The summed E-state index contributed by atoms with van der Waals surface area (Å²) in [7, 11) is 7.33. The normalized spacial score (nSPS) is 11.5. The van der Waals surface area contributed by atoms with Gasteiger partial charge in [-0.2, -0.15) is 0 Å². The zero-order chi connectivity index (χ0) is 18.2. The van der Waals surface area contributed by atoms with Gasteiger partial charge in [0, 0.05) is 12.6 Å². The predicted molar refractivity (Wildman–Crippen MR) is 102 cm³/mol. The molecule has 2 aromatic carbocycles. The van der Waals surface area contributed by atoms with Crippen molar-refractivity contribution in [2.75, 3.05) is 33.6 Å². The number of benzene rings is 2. The summed E-state index contributed by atoms with van der Waals surface area (Å²) in [5.41, 5.74) is 9.08. The third-order valence-corrected chi connectivity index (χ3v) is 3.62. The number of guanidine groups is 1. The number of nitrogens with one attached hydrogen (secondary N) is 1. The van der Waals surface area contributed by atoms with Gasteiger partial charge >= 0.3 is 0 Å². The number of methoxy groups -OCH3 is 2. The molecule has 0 aliphatic heterocycles. The molecular formula is C19H26N4O2. The summed E-state index contributed by atoms with van der Waals surface area (Å²) >= 11 is 0. The van der Waals surface area contributed by atoms with E-state index in [1.807, 2.05) is 18.2 Å². The van der Waals surface area contributed by atoms with Crippen molar-refractivity contribution in [3.05, 3.63) is 53.6 Å². The van der Waals surface area contributed by atoms with Crippen LogP contribution in [0.25, 0.3) is 0 Å². The van der Waals surface area contributed by atoms with Gasteiger partial charge in [-0.1, -0.05) is 24.3 Å². The standard InChI is InChI=1S/C19H26N4O2/c1-23(2)13-15-7-5-14(6-8-15)12-21-19(20)22-17-11-16(24-3)9-10-18(17)25-4/h5-11H,12-13H2,1-4H3,(H3,20,21,22). The van der Waals surface area contributed by atoms with E-state index in [0.29, 0.717) is 29.7 Å². The van der Waals surface area contributed by atoms with Crippen LogP contribution in [0.5, 0.6) is 11.5 Å². The molecule has 0 aliphatic carbocycles. The van der Waals surface area contributed by atoms with Crippen LogP contribution in [0.4, 0.5) is 5.69 Å². The molecule has 2 rings (SSSR count). The summed E-state index contributed by atoms with van der Waals surface area (Å²) in [5.74, 6) is 1.71. The number of anilines is 1. The Kier molecular flexibility index (Phi) is 6.65. The molecular weight excluding hydrogens is 316 g/mol. The molecule has 25 heavy (non-hydrogen) atoms. The number of hydrogen-bond donors (Lipinski definition) is 2. The minimum absolute atomic E-state index is 0.323. The molecule has 0 saturated heterocycles. The highest BCUT2D eigenvalue weighted by atomic mass is 16.5. The lowest BCUT2D eigenvalue weighted by atomic mass is 10.1. The largest absolute Gasteiger partial charge is 0.497 e. The van der Waals surface area contributed by atoms with Gasteiger partial charge in [0.1, 0.15) is 11.5 Å². The second kappa shape index (κ2) is 8.94. The maximum absolute atomic E-state index is 6.00. The quantitative estimate of drug-likeness (QED) is 0.598. The van der Waals surface area contributed by atoms with Crippen LogP contribution in [0.15, 0.2) is 47.5 Å². The Bertz CT molecular complexity index is 712. The number of hydrogen-bond acceptors (Lipinski definition) is 4. The Hall–Kier alpha value is -2.73. The Morgan fingerprint density at radius 3 is 2.32 bits per heavy atom. The topological polar surface area (TPSA) is 72.1 Å². The summed E-state index contributed by atoms with van der Waals surface area (Å²) < 4.78 is 10.5. The van der Waals surface area contributed by atoms with Crippen molar-refractivity contribution in [2.24, 2.45) is 10.7 Å². The molecule has 0 amide bonds. The second-order valence-electron chi connectivity index (χ2n) is 5.95. The minimum Gasteiger partial charge on any atom is -0.497 e. The first-order valence-electron chi connectivity index (χ1n) is 8.03. The van der Waals surface area contributed by atoms with Crippen molar-refractivity contribution in [2.45, 2.75) is 13.1 Å². The van der Waals surface area contributed by atoms with Crippen LogP contribution in [0, 0.1) is 0 Å². The molecule has 0 aromatic heterocycles. The van der Waals surface area contributed by atoms with E-state index in [2.05, 4.69) is 53.6 Å². The van der Waals surface area contributed by atoms with Crippen molar-refractivity contribution in [3.63, 3.8) is 0 Å². The van der Waals surface area contributed by atoms with Gasteiger partial charge in [0.15, 0.2) is 5.96 Å². The molecule has 0 heterocycles. The fourth-order valence-electron chi connectivity index (χ4n) is 2.38. The first-order chi connectivity index (χ1) is 12.0. The van der Waals surface area contributed by atoms with E-state index in [1.165, 1.54) is 5.56 Å². The summed E-state index contributed by atoms with van der Waals surface area (Å²) in [4.78, 5) is 6.52. The second-order valence-corrected chi connectivity index (χ2v) is 5.95. The van der Waals surface area contributed by atoms with Gasteiger partial charge in [0.2, 0.25) is 0 Å². The van der Waals surface area contributed by atoms with Crippen LogP contribution in [-0.4, -0.2) is 39.2 Å². The fraction of sp³-hybridized carbons (Fsp3) is 0.316. The molecule has 6 heteroatoms. The van der Waals surface area contributed by atoms with Crippen LogP contribution in [-0.2, 0) is 13.1 Å². The Morgan fingerprint density at radius 2 is 1.72 bits per heavy atom. The van der Waals surface area contributed by atoms with Gasteiger partial charge in [-0.05, 0) is 37.4 Å². The van der Waals surface area contributed by atoms with Gasteiger partial charge in [0.25, 0.3) is 0 Å². The average Bonchev–Trinajstić information content (AvgIpc) is 2.60. The van der Waals surface area contributed by atoms with Crippen molar-refractivity contribution < 1.29 is 9.47 Å². The molecule has 0 radical (unpaired) electrons. The monoisotopic (exact) mass is 342 g/mol. The van der Waals surface area contributed by atoms with E-state index in [-0.39, 0.29) is 0 Å². The van der Waals surface area contributed by atoms with Gasteiger partial charge in [-0.3, -0.25) is 0 Å². The van der Waals surface area contributed by atoms with E-state index < -0.39 is 0 Å². The molecule has 2 aromatic rings. The van der Waals surface area contributed by atoms with Crippen molar-refractivity contribution in [1.29, 1.82) is 0 Å². The molecule has 0 fully saturated rings. The van der Waals surface area contributed by atoms with Crippen LogP contribution in [0.2, 0.25) is 0 Å². The molecule has 6 nitrogen and oxygen atoms in total. The van der Waals surface area contributed by atoms with E-state index >= 15 is 0 Å². The predicted octanol–water partition coefficient (Wildman–Crippen LogP) is 2.69. The van der Waals surface area contributed by atoms with E-state index in [4.69, 9.17) is 15.2 Å². The Morgan fingerprint density at radius 1 is 1.04 bits per heavy atom. The van der Waals surface area contributed by atoms with E-state index in [0.717, 1.165) is 12.1 Å². The summed E-state index contributed by atoms with van der Waals surface area (Å²) in [5, 5.41) is 3.06. The minimum atomic E-state index is 0.323. The first-order valence-corrected chi connectivity index (χ1v) is 8.03. The smallest absolute Gasteiger partial charge is 0.193 e. The highest BCUT2D eigenvalue weighted by Gasteiger charge is 2.06. The molecule has 0 bridgehead atoms. The van der Waals surface area contributed by atoms with Crippen molar-refractivity contribution >= 4 is 11.6 Å². The third-order valence-electron chi connectivity index (χ3n) is 3.62. The molecule has 0 saturated carbocycles. The van der Waals surface area contributed by atoms with Crippen LogP contribution < -0.4 is 20.5 Å². The molecule has 3 N–H and O–H groups in total. The lowest BCUT2D eigenvalue weighted by Gasteiger charge is -2.12. The molecule has 134 valence electrons. The third kappa shape index (κ3) is 5.69. The number of ether oxygens (including phenoxy) is 2. The van der Waals surface area contributed by atoms with Crippen LogP contribution in [0.3, 0.4) is 0 Å². The zero-order valence-corrected chi connectivity index (χ0v) is 15.2. The molecule has 0 aliphatic rings. The van der Waals surface area contributed by atoms with E-state index in [1.54, 1.807) is 14.2 Å². The Balaban J connectivity index is 2.02. The molecule has 0 unspecified atom stereocenters. The first kappa shape index (κ1) is 18.6. The van der Waals surface area contributed by atoms with Gasteiger partial charge < -0.3 is 25.4 Å². The summed E-state index contributed by atoms with van der Waals surface area (Å²) in [6, 6.07) is 13.8. The van der Waals surface area contributed by atoms with Crippen LogP contribution >= 0.6 is 0 Å². The highest BCUT2D eigenvalue weighted by molar-refractivity contribution is 5.94. The van der Waals surface area contributed by atoms with Crippen LogP contribution in [0.1, 0.15) is 11.1 Å². The number of nitrogens with zero attached hydrogens (tertiary/aromatic N) is 2. The maximum Gasteiger partial charge on any atom is 0.193 e. The summed E-state index contributed by atoms with van der Waals surface area (Å²) in [6.45, 7) is 1.43. The SMILES string of the molecule is COc1ccc(OC)c(NC(N)=NCc2ccc(CN(C)C)cc2)c1. The fourth-order valence-corrected chi connectivity index (χ4v) is 2.38. The summed E-state index contributed by atoms with van der Waals surface area (Å²) in [6.07, 6.45) is 0. The van der Waals surface area contributed by atoms with E-state index in [9.17, 15) is 0 Å². The average molecular weight is 342 g/mol. The van der Waals surface area contributed by atoms with Gasteiger partial charge in [-0.25, -0.2) is 4.99 Å². The van der Waals surface area contributed by atoms with Gasteiger partial charge in [0.05, 0.1) is 26.5 Å². The lowest BCUT2D eigenvalue weighted by Crippen LogP contribution is -2.23. The van der Waals surface area contributed by atoms with Crippen molar-refractivity contribution in [1.82, 2.24) is 4.90 Å². The number of aliphatic imine (C=N–C) groups is 1. The number of nitrogens with two attached hydrogens (primary N) is 1.